The van der Waals surface area contributed by atoms with Crippen LogP contribution < -0.4 is 0 Å². The molecule has 1 nitrogen and oxygen atoms in total. The van der Waals surface area contributed by atoms with Crippen molar-refractivity contribution < 1.29 is 0 Å². The monoisotopic (exact) mass is 191 g/mol. The van der Waals surface area contributed by atoms with Crippen LogP contribution in [0.15, 0.2) is 30.5 Å². The van der Waals surface area contributed by atoms with Gasteiger partial charge < -0.3 is 0 Å². The number of hydrogen-bond donors (Lipinski definition) is 0. The molecule has 2 aromatic rings. The van der Waals surface area contributed by atoms with E-state index in [4.69, 9.17) is 11.6 Å². The lowest BCUT2D eigenvalue weighted by Crippen LogP contribution is -1.84. The molecule has 0 radical (unpaired) electrons. The molecular weight excluding hydrogens is 182 g/mol. The van der Waals surface area contributed by atoms with E-state index in [2.05, 4.69) is 18.0 Å². The maximum absolute atomic E-state index is 5.99. The SMILES string of the molecule is CCc1cnc2c(Cl)cccc2c1. The van der Waals surface area contributed by atoms with Crippen molar-refractivity contribution in [3.8, 4) is 0 Å². The first-order valence-corrected chi connectivity index (χ1v) is 4.72. The summed E-state index contributed by atoms with van der Waals surface area (Å²) in [6, 6.07) is 7.98. The Labute approximate surface area is 82.4 Å². The van der Waals surface area contributed by atoms with Crippen LogP contribution in [0, 0.1) is 0 Å². The average Bonchev–Trinajstić information content (AvgIpc) is 2.18. The van der Waals surface area contributed by atoms with Crippen LogP contribution in [0.25, 0.3) is 10.9 Å². The van der Waals surface area contributed by atoms with E-state index in [-0.39, 0.29) is 0 Å². The van der Waals surface area contributed by atoms with Gasteiger partial charge in [-0.2, -0.15) is 0 Å². The Morgan fingerprint density at radius 3 is 3.00 bits per heavy atom. The maximum atomic E-state index is 5.99. The van der Waals surface area contributed by atoms with Crippen molar-refractivity contribution >= 4 is 22.5 Å². The minimum absolute atomic E-state index is 0.722. The van der Waals surface area contributed by atoms with E-state index in [0.717, 1.165) is 22.3 Å². The molecule has 0 N–H and O–H groups in total. The van der Waals surface area contributed by atoms with Crippen LogP contribution in [0.4, 0.5) is 0 Å². The van der Waals surface area contributed by atoms with Crippen molar-refractivity contribution in [1.82, 2.24) is 4.98 Å². The van der Waals surface area contributed by atoms with Crippen molar-refractivity contribution in [2.75, 3.05) is 0 Å². The predicted octanol–water partition coefficient (Wildman–Crippen LogP) is 3.45. The summed E-state index contributed by atoms with van der Waals surface area (Å²) in [7, 11) is 0. The molecule has 13 heavy (non-hydrogen) atoms. The minimum atomic E-state index is 0.722. The average molecular weight is 192 g/mol. The summed E-state index contributed by atoms with van der Waals surface area (Å²) in [5, 5.41) is 1.84. The van der Waals surface area contributed by atoms with Gasteiger partial charge in [-0.25, -0.2) is 0 Å². The highest BCUT2D eigenvalue weighted by Gasteiger charge is 1.99. The highest BCUT2D eigenvalue weighted by atomic mass is 35.5. The minimum Gasteiger partial charge on any atom is -0.254 e. The predicted molar refractivity (Wildman–Crippen MR) is 56.1 cm³/mol. The summed E-state index contributed by atoms with van der Waals surface area (Å²) in [6.45, 7) is 2.12. The Balaban J connectivity index is 2.72. The number of nitrogens with zero attached hydrogens (tertiary/aromatic N) is 1. The van der Waals surface area contributed by atoms with Crippen LogP contribution in [0.5, 0.6) is 0 Å². The fourth-order valence-electron chi connectivity index (χ4n) is 1.36. The van der Waals surface area contributed by atoms with Gasteiger partial charge in [0.2, 0.25) is 0 Å². The summed E-state index contributed by atoms with van der Waals surface area (Å²) < 4.78 is 0. The molecule has 0 aliphatic rings. The molecule has 0 fully saturated rings. The molecule has 2 heteroatoms. The topological polar surface area (TPSA) is 12.9 Å². The lowest BCUT2D eigenvalue weighted by Gasteiger charge is -2.01. The van der Waals surface area contributed by atoms with E-state index in [9.17, 15) is 0 Å². The highest BCUT2D eigenvalue weighted by molar-refractivity contribution is 6.35. The fraction of sp³-hybridized carbons (Fsp3) is 0.182. The smallest absolute Gasteiger partial charge is 0.0888 e. The Morgan fingerprint density at radius 2 is 2.23 bits per heavy atom. The van der Waals surface area contributed by atoms with Crippen LogP contribution in [0.1, 0.15) is 12.5 Å². The lowest BCUT2D eigenvalue weighted by molar-refractivity contribution is 1.12. The standard InChI is InChI=1S/C11H10ClN/c1-2-8-6-9-4-3-5-10(12)11(9)13-7-8/h3-7H,2H2,1H3. The van der Waals surface area contributed by atoms with Gasteiger partial charge in [0.15, 0.2) is 0 Å². The fourth-order valence-corrected chi connectivity index (χ4v) is 1.59. The number of hydrogen-bond acceptors (Lipinski definition) is 1. The number of aryl methyl sites for hydroxylation is 1. The summed E-state index contributed by atoms with van der Waals surface area (Å²) >= 11 is 5.99. The summed E-state index contributed by atoms with van der Waals surface area (Å²) in [4.78, 5) is 4.32. The van der Waals surface area contributed by atoms with Gasteiger partial charge in [0, 0.05) is 11.6 Å². The summed E-state index contributed by atoms with van der Waals surface area (Å²) in [5.41, 5.74) is 2.14. The molecule has 0 aliphatic carbocycles. The molecule has 66 valence electrons. The third-order valence-electron chi connectivity index (χ3n) is 2.13. The van der Waals surface area contributed by atoms with Gasteiger partial charge in [-0.05, 0) is 24.1 Å². The first kappa shape index (κ1) is 8.52. The number of rotatable bonds is 1. The Morgan fingerprint density at radius 1 is 1.38 bits per heavy atom. The van der Waals surface area contributed by atoms with E-state index in [0.29, 0.717) is 0 Å². The van der Waals surface area contributed by atoms with Gasteiger partial charge >= 0.3 is 0 Å². The number of fused-ring (bicyclic) bond motifs is 1. The first-order chi connectivity index (χ1) is 6.31. The van der Waals surface area contributed by atoms with E-state index in [1.165, 1.54) is 5.56 Å². The number of halogens is 1. The van der Waals surface area contributed by atoms with Crippen LogP contribution in [0.3, 0.4) is 0 Å². The highest BCUT2D eigenvalue weighted by Crippen LogP contribution is 2.21. The van der Waals surface area contributed by atoms with Crippen molar-refractivity contribution in [1.29, 1.82) is 0 Å². The molecular formula is C11H10ClN. The molecule has 0 saturated heterocycles. The van der Waals surface area contributed by atoms with Gasteiger partial charge in [-0.15, -0.1) is 0 Å². The molecule has 0 aliphatic heterocycles. The lowest BCUT2D eigenvalue weighted by atomic mass is 10.1. The van der Waals surface area contributed by atoms with Crippen molar-refractivity contribution in [2.45, 2.75) is 13.3 Å². The van der Waals surface area contributed by atoms with Gasteiger partial charge in [-0.3, -0.25) is 4.98 Å². The molecule has 1 aromatic carbocycles. The largest absolute Gasteiger partial charge is 0.254 e. The van der Waals surface area contributed by atoms with E-state index in [1.807, 2.05) is 24.4 Å². The Kier molecular flexibility index (Phi) is 2.19. The molecule has 0 spiro atoms. The quantitative estimate of drug-likeness (QED) is 0.673. The molecule has 0 atom stereocenters. The zero-order valence-electron chi connectivity index (χ0n) is 7.42. The second kappa shape index (κ2) is 3.35. The second-order valence-electron chi connectivity index (χ2n) is 3.01. The first-order valence-electron chi connectivity index (χ1n) is 4.34. The Hall–Kier alpha value is -1.08. The van der Waals surface area contributed by atoms with Crippen LogP contribution in [-0.2, 0) is 6.42 Å². The molecule has 0 amide bonds. The van der Waals surface area contributed by atoms with E-state index in [1.54, 1.807) is 0 Å². The zero-order valence-corrected chi connectivity index (χ0v) is 8.17. The molecule has 1 heterocycles. The maximum Gasteiger partial charge on any atom is 0.0888 e. The van der Waals surface area contributed by atoms with Crippen molar-refractivity contribution in [2.24, 2.45) is 0 Å². The molecule has 0 saturated carbocycles. The van der Waals surface area contributed by atoms with E-state index < -0.39 is 0 Å². The van der Waals surface area contributed by atoms with Crippen molar-refractivity contribution in [3.63, 3.8) is 0 Å². The van der Waals surface area contributed by atoms with Crippen LogP contribution >= 0.6 is 11.6 Å². The van der Waals surface area contributed by atoms with E-state index >= 15 is 0 Å². The third-order valence-corrected chi connectivity index (χ3v) is 2.43. The van der Waals surface area contributed by atoms with Crippen LogP contribution in [-0.4, -0.2) is 4.98 Å². The Bertz CT molecular complexity index is 437. The zero-order chi connectivity index (χ0) is 9.26. The van der Waals surface area contributed by atoms with Crippen molar-refractivity contribution in [3.05, 3.63) is 41.0 Å². The number of benzene rings is 1. The molecule has 0 bridgehead atoms. The molecule has 0 unspecified atom stereocenters. The van der Waals surface area contributed by atoms with Gasteiger partial charge in [0.05, 0.1) is 10.5 Å². The molecule has 2 rings (SSSR count). The second-order valence-corrected chi connectivity index (χ2v) is 3.42. The van der Waals surface area contributed by atoms with Gasteiger partial charge in [-0.1, -0.05) is 30.7 Å². The van der Waals surface area contributed by atoms with Gasteiger partial charge in [0.1, 0.15) is 0 Å². The summed E-state index contributed by atoms with van der Waals surface area (Å²) in [5.74, 6) is 0. The van der Waals surface area contributed by atoms with Gasteiger partial charge in [0.25, 0.3) is 0 Å². The third kappa shape index (κ3) is 1.52. The number of para-hydroxylation sites is 1. The number of pyridine rings is 1. The normalized spacial score (nSPS) is 10.6. The summed E-state index contributed by atoms with van der Waals surface area (Å²) in [6.07, 6.45) is 2.89. The number of aromatic nitrogens is 1. The van der Waals surface area contributed by atoms with Crippen LogP contribution in [0.2, 0.25) is 5.02 Å². The molecule has 1 aromatic heterocycles.